The maximum atomic E-state index is 11.7. The molecule has 54 valence electrons. The Morgan fingerprint density at radius 3 is 2.67 bits per heavy atom. The summed E-state index contributed by atoms with van der Waals surface area (Å²) in [7, 11) is 1.69. The van der Waals surface area contributed by atoms with E-state index in [-0.39, 0.29) is 6.04 Å². The van der Waals surface area contributed by atoms with Crippen LogP contribution in [0.4, 0.5) is 4.39 Å². The van der Waals surface area contributed by atoms with Gasteiger partial charge in [0.1, 0.15) is 6.67 Å². The van der Waals surface area contributed by atoms with Crippen molar-refractivity contribution in [2.45, 2.75) is 13.0 Å². The van der Waals surface area contributed by atoms with Crippen LogP contribution in [0, 0.1) is 0 Å². The molecule has 0 fully saturated rings. The van der Waals surface area contributed by atoms with Crippen molar-refractivity contribution in [3.8, 4) is 0 Å². The molecule has 0 amide bonds. The molecule has 0 spiro atoms. The van der Waals surface area contributed by atoms with Crippen LogP contribution in [0.15, 0.2) is 0 Å². The van der Waals surface area contributed by atoms with Gasteiger partial charge in [-0.15, -0.1) is 0 Å². The first-order valence-corrected chi connectivity index (χ1v) is 3.15. The molecule has 0 saturated heterocycles. The lowest BCUT2D eigenvalue weighted by Gasteiger charge is -2.10. The summed E-state index contributed by atoms with van der Waals surface area (Å²) >= 11 is 4.71. The van der Waals surface area contributed by atoms with Crippen molar-refractivity contribution >= 4 is 17.3 Å². The minimum Gasteiger partial charge on any atom is -0.366 e. The number of halogens is 1. The fraction of sp³-hybridized carbons (Fsp3) is 0.800. The second-order valence-electron chi connectivity index (χ2n) is 1.78. The molecular weight excluding hydrogens is 139 g/mol. The molecule has 0 rings (SSSR count). The fourth-order valence-corrected chi connectivity index (χ4v) is 0.536. The molecule has 2 nitrogen and oxygen atoms in total. The predicted molar refractivity (Wildman–Crippen MR) is 40.2 cm³/mol. The van der Waals surface area contributed by atoms with E-state index in [2.05, 4.69) is 10.6 Å². The van der Waals surface area contributed by atoms with Gasteiger partial charge in [0.25, 0.3) is 0 Å². The van der Waals surface area contributed by atoms with Crippen LogP contribution in [0.25, 0.3) is 0 Å². The third-order valence-corrected chi connectivity index (χ3v) is 1.16. The molecule has 0 aromatic carbocycles. The van der Waals surface area contributed by atoms with Crippen molar-refractivity contribution in [1.82, 2.24) is 10.6 Å². The largest absolute Gasteiger partial charge is 0.366 e. The third-order valence-electron chi connectivity index (χ3n) is 0.836. The van der Waals surface area contributed by atoms with E-state index in [1.54, 1.807) is 14.0 Å². The lowest BCUT2D eigenvalue weighted by atomic mass is 10.4. The summed E-state index contributed by atoms with van der Waals surface area (Å²) in [6.45, 7) is 1.32. The van der Waals surface area contributed by atoms with Gasteiger partial charge in [0.2, 0.25) is 0 Å². The Kier molecular flexibility index (Phi) is 4.30. The molecule has 0 aromatic rings. The van der Waals surface area contributed by atoms with Crippen LogP contribution in [0.5, 0.6) is 0 Å². The van der Waals surface area contributed by atoms with Gasteiger partial charge in [0.05, 0.1) is 6.04 Å². The summed E-state index contributed by atoms with van der Waals surface area (Å²) in [6.07, 6.45) is 0. The highest BCUT2D eigenvalue weighted by atomic mass is 32.1. The van der Waals surface area contributed by atoms with E-state index in [4.69, 9.17) is 12.2 Å². The monoisotopic (exact) mass is 150 g/mol. The minimum atomic E-state index is -0.401. The summed E-state index contributed by atoms with van der Waals surface area (Å²) < 4.78 is 11.7. The first-order valence-electron chi connectivity index (χ1n) is 2.75. The van der Waals surface area contributed by atoms with E-state index in [9.17, 15) is 4.39 Å². The molecule has 0 aliphatic carbocycles. The zero-order valence-electron chi connectivity index (χ0n) is 5.57. The Morgan fingerprint density at radius 1 is 1.78 bits per heavy atom. The maximum Gasteiger partial charge on any atom is 0.166 e. The summed E-state index contributed by atoms with van der Waals surface area (Å²) in [5.74, 6) is 0. The number of thiocarbonyl (C=S) groups is 1. The molecule has 0 saturated carbocycles. The van der Waals surface area contributed by atoms with E-state index in [0.717, 1.165) is 0 Å². The van der Waals surface area contributed by atoms with E-state index < -0.39 is 6.67 Å². The van der Waals surface area contributed by atoms with Crippen LogP contribution in [-0.2, 0) is 0 Å². The van der Waals surface area contributed by atoms with Gasteiger partial charge in [0, 0.05) is 7.05 Å². The Morgan fingerprint density at radius 2 is 2.33 bits per heavy atom. The van der Waals surface area contributed by atoms with Crippen LogP contribution in [-0.4, -0.2) is 24.9 Å². The van der Waals surface area contributed by atoms with E-state index >= 15 is 0 Å². The number of hydrogen-bond acceptors (Lipinski definition) is 1. The average Bonchev–Trinajstić information content (AvgIpc) is 1.87. The van der Waals surface area contributed by atoms with Crippen molar-refractivity contribution in [2.24, 2.45) is 0 Å². The van der Waals surface area contributed by atoms with Gasteiger partial charge in [0.15, 0.2) is 5.11 Å². The second-order valence-corrected chi connectivity index (χ2v) is 2.19. The van der Waals surface area contributed by atoms with E-state index in [1.165, 1.54) is 0 Å². The Balaban J connectivity index is 3.34. The van der Waals surface area contributed by atoms with Gasteiger partial charge >= 0.3 is 0 Å². The molecule has 0 aliphatic heterocycles. The first kappa shape index (κ1) is 8.62. The first-order chi connectivity index (χ1) is 4.20. The normalized spacial score (nSPS) is 12.3. The van der Waals surface area contributed by atoms with Crippen LogP contribution >= 0.6 is 12.2 Å². The Bertz CT molecular complexity index is 97.0. The van der Waals surface area contributed by atoms with Crippen molar-refractivity contribution < 1.29 is 4.39 Å². The summed E-state index contributed by atoms with van der Waals surface area (Å²) in [5, 5.41) is 5.89. The van der Waals surface area contributed by atoms with E-state index in [1.807, 2.05) is 0 Å². The zero-order valence-corrected chi connectivity index (χ0v) is 6.39. The molecular formula is C5H11FN2S. The fourth-order valence-electron chi connectivity index (χ4n) is 0.335. The van der Waals surface area contributed by atoms with Crippen molar-refractivity contribution in [2.75, 3.05) is 13.7 Å². The molecule has 2 N–H and O–H groups in total. The Labute approximate surface area is 59.8 Å². The molecule has 0 aromatic heterocycles. The highest BCUT2D eigenvalue weighted by Crippen LogP contribution is 1.80. The lowest BCUT2D eigenvalue weighted by molar-refractivity contribution is 0.424. The molecule has 0 radical (unpaired) electrons. The second kappa shape index (κ2) is 4.49. The van der Waals surface area contributed by atoms with E-state index in [0.29, 0.717) is 5.11 Å². The van der Waals surface area contributed by atoms with Gasteiger partial charge in [-0.3, -0.25) is 0 Å². The molecule has 1 atom stereocenters. The standard InChI is InChI=1S/C5H11FN2S/c1-4(3-6)8-5(9)7-2/h4H,3H2,1-2H3,(H2,7,8,9). The van der Waals surface area contributed by atoms with Gasteiger partial charge in [-0.05, 0) is 19.1 Å². The smallest absolute Gasteiger partial charge is 0.166 e. The molecule has 9 heavy (non-hydrogen) atoms. The molecule has 4 heteroatoms. The minimum absolute atomic E-state index is 0.190. The van der Waals surface area contributed by atoms with Gasteiger partial charge in [-0.25, -0.2) is 4.39 Å². The number of alkyl halides is 1. The predicted octanol–water partition coefficient (Wildman–Crippen LogP) is 0.438. The summed E-state index contributed by atoms with van der Waals surface area (Å²) in [4.78, 5) is 0. The molecule has 0 bridgehead atoms. The van der Waals surface area contributed by atoms with Gasteiger partial charge < -0.3 is 10.6 Å². The maximum absolute atomic E-state index is 11.7. The topological polar surface area (TPSA) is 24.1 Å². The summed E-state index contributed by atoms with van der Waals surface area (Å²) in [5.41, 5.74) is 0. The van der Waals surface area contributed by atoms with Gasteiger partial charge in [-0.2, -0.15) is 0 Å². The number of nitrogens with one attached hydrogen (secondary N) is 2. The van der Waals surface area contributed by atoms with Gasteiger partial charge in [-0.1, -0.05) is 0 Å². The highest BCUT2D eigenvalue weighted by Gasteiger charge is 1.99. The quantitative estimate of drug-likeness (QED) is 0.558. The third kappa shape index (κ3) is 4.14. The average molecular weight is 150 g/mol. The summed E-state index contributed by atoms with van der Waals surface area (Å²) in [6, 6.07) is -0.190. The molecule has 1 unspecified atom stereocenters. The van der Waals surface area contributed by atoms with Crippen molar-refractivity contribution in [3.63, 3.8) is 0 Å². The van der Waals surface area contributed by atoms with Crippen LogP contribution in [0.2, 0.25) is 0 Å². The van der Waals surface area contributed by atoms with Crippen LogP contribution in [0.3, 0.4) is 0 Å². The van der Waals surface area contributed by atoms with Crippen molar-refractivity contribution in [1.29, 1.82) is 0 Å². The SMILES string of the molecule is CNC(=S)NC(C)CF. The lowest BCUT2D eigenvalue weighted by Crippen LogP contribution is -2.39. The number of hydrogen-bond donors (Lipinski definition) is 2. The molecule has 0 heterocycles. The highest BCUT2D eigenvalue weighted by molar-refractivity contribution is 7.80. The molecule has 0 aliphatic rings. The Hall–Kier alpha value is -0.380. The van der Waals surface area contributed by atoms with Crippen molar-refractivity contribution in [3.05, 3.63) is 0 Å². The van der Waals surface area contributed by atoms with Crippen LogP contribution < -0.4 is 10.6 Å². The number of rotatable bonds is 2. The van der Waals surface area contributed by atoms with Crippen LogP contribution in [0.1, 0.15) is 6.92 Å². The zero-order chi connectivity index (χ0) is 7.28.